The van der Waals surface area contributed by atoms with Crippen LogP contribution in [0, 0.1) is 0 Å². The van der Waals surface area contributed by atoms with Gasteiger partial charge < -0.3 is 14.4 Å². The van der Waals surface area contributed by atoms with Crippen molar-refractivity contribution in [2.75, 3.05) is 20.8 Å². The predicted octanol–water partition coefficient (Wildman–Crippen LogP) is 5.92. The van der Waals surface area contributed by atoms with E-state index in [1.54, 1.807) is 18.2 Å². The highest BCUT2D eigenvalue weighted by Crippen LogP contribution is 2.44. The van der Waals surface area contributed by atoms with Gasteiger partial charge in [-0.3, -0.25) is 0 Å². The fourth-order valence-electron chi connectivity index (χ4n) is 4.30. The second-order valence-corrected chi connectivity index (χ2v) is 8.64. The van der Waals surface area contributed by atoms with Crippen molar-refractivity contribution in [3.8, 4) is 0 Å². The number of allylic oxidation sites excluding steroid dienone is 2. The van der Waals surface area contributed by atoms with Gasteiger partial charge in [-0.15, -0.1) is 0 Å². The molecule has 1 aliphatic heterocycles. The number of carbonyl (C=O) groups is 2. The van der Waals surface area contributed by atoms with Crippen LogP contribution >= 0.6 is 23.2 Å². The van der Waals surface area contributed by atoms with Gasteiger partial charge in [-0.2, -0.15) is 0 Å². The van der Waals surface area contributed by atoms with Crippen molar-refractivity contribution in [3.63, 3.8) is 0 Å². The van der Waals surface area contributed by atoms with Gasteiger partial charge in [0.25, 0.3) is 0 Å². The fraction of sp³-hybridized carbons (Fsp3) is 0.308. The van der Waals surface area contributed by atoms with Crippen molar-refractivity contribution >= 4 is 35.1 Å². The quantitative estimate of drug-likeness (QED) is 0.453. The highest BCUT2D eigenvalue weighted by atomic mass is 35.5. The molecule has 2 aromatic rings. The number of benzene rings is 2. The molecule has 0 N–H and O–H groups in total. The molecule has 2 aromatic carbocycles. The van der Waals surface area contributed by atoms with Crippen LogP contribution in [-0.4, -0.2) is 37.6 Å². The molecule has 1 aliphatic rings. The number of aryl methyl sites for hydroxylation is 1. The SMILES string of the molecule is COC(=O)C1=C(C)N(CCCc2ccccc2)C(C)=C(C(=O)OC)C1c1ccc(Cl)c(Cl)c1. The second-order valence-electron chi connectivity index (χ2n) is 7.83. The molecule has 33 heavy (non-hydrogen) atoms. The summed E-state index contributed by atoms with van der Waals surface area (Å²) in [5.74, 6) is -1.71. The first kappa shape index (κ1) is 24.9. The minimum atomic E-state index is -0.690. The molecule has 174 valence electrons. The van der Waals surface area contributed by atoms with E-state index in [1.807, 2.05) is 36.9 Å². The van der Waals surface area contributed by atoms with Gasteiger partial charge >= 0.3 is 11.9 Å². The molecular formula is C26H27Cl2NO4. The highest BCUT2D eigenvalue weighted by molar-refractivity contribution is 6.42. The first-order chi connectivity index (χ1) is 15.8. The summed E-state index contributed by atoms with van der Waals surface area (Å²) < 4.78 is 10.3. The third-order valence-corrected chi connectivity index (χ3v) is 6.68. The molecule has 0 spiro atoms. The molecule has 0 aromatic heterocycles. The summed E-state index contributed by atoms with van der Waals surface area (Å²) in [6.07, 6.45) is 1.70. The Labute approximate surface area is 204 Å². The van der Waals surface area contributed by atoms with Crippen LogP contribution in [0.1, 0.15) is 37.3 Å². The van der Waals surface area contributed by atoms with Gasteiger partial charge in [-0.05, 0) is 49.9 Å². The van der Waals surface area contributed by atoms with Crippen LogP contribution in [0.15, 0.2) is 71.1 Å². The zero-order chi connectivity index (χ0) is 24.1. The van der Waals surface area contributed by atoms with E-state index in [9.17, 15) is 9.59 Å². The topological polar surface area (TPSA) is 55.8 Å². The maximum absolute atomic E-state index is 13.0. The zero-order valence-electron chi connectivity index (χ0n) is 19.2. The Kier molecular flexibility index (Phi) is 8.22. The lowest BCUT2D eigenvalue weighted by Crippen LogP contribution is -2.35. The van der Waals surface area contributed by atoms with Crippen molar-refractivity contribution in [2.45, 2.75) is 32.6 Å². The van der Waals surface area contributed by atoms with Gasteiger partial charge in [0, 0.05) is 17.9 Å². The minimum Gasteiger partial charge on any atom is -0.466 e. The van der Waals surface area contributed by atoms with E-state index in [2.05, 4.69) is 12.1 Å². The van der Waals surface area contributed by atoms with E-state index < -0.39 is 17.9 Å². The molecule has 5 nitrogen and oxygen atoms in total. The molecule has 0 saturated carbocycles. The van der Waals surface area contributed by atoms with Crippen LogP contribution in [0.25, 0.3) is 0 Å². The smallest absolute Gasteiger partial charge is 0.336 e. The normalized spacial score (nSPS) is 14.5. The third-order valence-electron chi connectivity index (χ3n) is 5.94. The van der Waals surface area contributed by atoms with Crippen molar-refractivity contribution in [1.82, 2.24) is 4.90 Å². The van der Waals surface area contributed by atoms with Crippen molar-refractivity contribution < 1.29 is 19.1 Å². The fourth-order valence-corrected chi connectivity index (χ4v) is 4.61. The summed E-state index contributed by atoms with van der Waals surface area (Å²) in [7, 11) is 2.66. The van der Waals surface area contributed by atoms with E-state index in [4.69, 9.17) is 32.7 Å². The lowest BCUT2D eigenvalue weighted by Gasteiger charge is -2.38. The number of carbonyl (C=O) groups excluding carboxylic acids is 2. The maximum atomic E-state index is 13.0. The van der Waals surface area contributed by atoms with Gasteiger partial charge in [0.05, 0.1) is 41.3 Å². The average molecular weight is 488 g/mol. The molecule has 0 fully saturated rings. The lowest BCUT2D eigenvalue weighted by atomic mass is 9.79. The van der Waals surface area contributed by atoms with Gasteiger partial charge in [0.1, 0.15) is 0 Å². The predicted molar refractivity (Wildman–Crippen MR) is 130 cm³/mol. The molecular weight excluding hydrogens is 461 g/mol. The first-order valence-electron chi connectivity index (χ1n) is 10.6. The largest absolute Gasteiger partial charge is 0.466 e. The Bertz CT molecular complexity index is 1070. The number of hydrogen-bond acceptors (Lipinski definition) is 5. The second kappa shape index (κ2) is 10.9. The van der Waals surface area contributed by atoms with E-state index >= 15 is 0 Å². The molecule has 0 saturated heterocycles. The number of hydrogen-bond donors (Lipinski definition) is 0. The van der Waals surface area contributed by atoms with Crippen molar-refractivity contribution in [3.05, 3.63) is 92.2 Å². The van der Waals surface area contributed by atoms with E-state index in [0.29, 0.717) is 33.3 Å². The summed E-state index contributed by atoms with van der Waals surface area (Å²) in [5.41, 5.74) is 4.11. The monoisotopic (exact) mass is 487 g/mol. The minimum absolute atomic E-state index is 0.336. The molecule has 1 heterocycles. The van der Waals surface area contributed by atoms with E-state index in [1.165, 1.54) is 19.8 Å². The molecule has 0 atom stereocenters. The van der Waals surface area contributed by atoms with Crippen LogP contribution in [0.5, 0.6) is 0 Å². The summed E-state index contributed by atoms with van der Waals surface area (Å²) in [5, 5.41) is 0.725. The number of halogens is 2. The number of esters is 2. The Morgan fingerprint density at radius 3 is 1.97 bits per heavy atom. The van der Waals surface area contributed by atoms with Gasteiger partial charge in [-0.25, -0.2) is 9.59 Å². The number of nitrogens with zero attached hydrogens (tertiary/aromatic N) is 1. The summed E-state index contributed by atoms with van der Waals surface area (Å²) in [6, 6.07) is 15.3. The summed E-state index contributed by atoms with van der Waals surface area (Å²) >= 11 is 12.4. The van der Waals surface area contributed by atoms with E-state index in [-0.39, 0.29) is 0 Å². The van der Waals surface area contributed by atoms with Crippen LogP contribution in [-0.2, 0) is 25.5 Å². The number of rotatable bonds is 7. The zero-order valence-corrected chi connectivity index (χ0v) is 20.7. The highest BCUT2D eigenvalue weighted by Gasteiger charge is 2.40. The summed E-state index contributed by atoms with van der Waals surface area (Å²) in [6.45, 7) is 4.37. The molecule has 3 rings (SSSR count). The lowest BCUT2D eigenvalue weighted by molar-refractivity contribution is -0.137. The standard InChI is InChI=1S/C26H27Cl2NO4/c1-16-22(25(30)32-3)24(19-12-13-20(27)21(28)15-19)23(26(31)33-4)17(2)29(16)14-8-11-18-9-6-5-7-10-18/h5-7,9-10,12-13,15,24H,8,11,14H2,1-4H3. The Morgan fingerprint density at radius 2 is 1.45 bits per heavy atom. The van der Waals surface area contributed by atoms with Gasteiger partial charge in [-0.1, -0.05) is 59.6 Å². The first-order valence-corrected chi connectivity index (χ1v) is 11.4. The van der Waals surface area contributed by atoms with Crippen LogP contribution < -0.4 is 0 Å². The molecule has 0 amide bonds. The third kappa shape index (κ3) is 5.26. The molecule has 0 radical (unpaired) electrons. The van der Waals surface area contributed by atoms with Crippen molar-refractivity contribution in [2.24, 2.45) is 0 Å². The van der Waals surface area contributed by atoms with E-state index in [0.717, 1.165) is 24.2 Å². The Hall–Kier alpha value is -2.76. The van der Waals surface area contributed by atoms with Crippen LogP contribution in [0.2, 0.25) is 10.0 Å². The van der Waals surface area contributed by atoms with Crippen molar-refractivity contribution in [1.29, 1.82) is 0 Å². The van der Waals surface area contributed by atoms with Crippen LogP contribution in [0.4, 0.5) is 0 Å². The molecule has 0 bridgehead atoms. The Balaban J connectivity index is 2.07. The summed E-state index contributed by atoms with van der Waals surface area (Å²) in [4.78, 5) is 27.9. The molecule has 0 unspecified atom stereocenters. The average Bonchev–Trinajstić information content (AvgIpc) is 2.82. The maximum Gasteiger partial charge on any atom is 0.336 e. The Morgan fingerprint density at radius 1 is 0.879 bits per heavy atom. The number of methoxy groups -OCH3 is 2. The number of ether oxygens (including phenoxy) is 2. The molecule has 7 heteroatoms. The van der Waals surface area contributed by atoms with Gasteiger partial charge in [0.15, 0.2) is 0 Å². The molecule has 0 aliphatic carbocycles. The van der Waals surface area contributed by atoms with Crippen LogP contribution in [0.3, 0.4) is 0 Å². The van der Waals surface area contributed by atoms with Gasteiger partial charge in [0.2, 0.25) is 0 Å².